The van der Waals surface area contributed by atoms with Gasteiger partial charge >= 0.3 is 5.97 Å². The van der Waals surface area contributed by atoms with Crippen LogP contribution < -0.4 is 5.32 Å². The zero-order valence-corrected chi connectivity index (χ0v) is 11.6. The first-order valence-electron chi connectivity index (χ1n) is 5.82. The number of methoxy groups -OCH3 is 1. The van der Waals surface area contributed by atoms with Crippen molar-refractivity contribution in [3.05, 3.63) is 58.6 Å². The fourth-order valence-corrected chi connectivity index (χ4v) is 1.82. The molecule has 2 aromatic rings. The Morgan fingerprint density at radius 3 is 2.71 bits per heavy atom. The lowest BCUT2D eigenvalue weighted by atomic mass is 10.1. The molecule has 0 radical (unpaired) electrons. The van der Waals surface area contributed by atoms with E-state index in [2.05, 4.69) is 15.0 Å². The average molecular weight is 309 g/mol. The zero-order chi connectivity index (χ0) is 15.4. The lowest BCUT2D eigenvalue weighted by Crippen LogP contribution is -2.17. The number of benzene rings is 1. The van der Waals surface area contributed by atoms with Crippen molar-refractivity contribution in [1.29, 1.82) is 0 Å². The van der Waals surface area contributed by atoms with E-state index in [-0.39, 0.29) is 16.8 Å². The second-order valence-corrected chi connectivity index (χ2v) is 4.41. The lowest BCUT2D eigenvalue weighted by Gasteiger charge is -2.10. The molecule has 0 saturated carbocycles. The average Bonchev–Trinajstić information content (AvgIpc) is 2.48. The summed E-state index contributed by atoms with van der Waals surface area (Å²) in [5.41, 5.74) is 0.00502. The highest BCUT2D eigenvalue weighted by atomic mass is 35.5. The second kappa shape index (κ2) is 6.32. The van der Waals surface area contributed by atoms with Crippen LogP contribution in [-0.2, 0) is 4.74 Å². The lowest BCUT2D eigenvalue weighted by molar-refractivity contribution is 0.0602. The molecule has 0 unspecified atom stereocenters. The van der Waals surface area contributed by atoms with E-state index >= 15 is 0 Å². The van der Waals surface area contributed by atoms with Crippen LogP contribution in [0, 0.1) is 5.95 Å². The third-order valence-corrected chi connectivity index (χ3v) is 2.87. The van der Waals surface area contributed by atoms with Crippen molar-refractivity contribution < 1.29 is 18.7 Å². The number of hydrogen-bond donors (Lipinski definition) is 1. The molecular formula is C14H10ClFN2O3. The summed E-state index contributed by atoms with van der Waals surface area (Å²) in [6.45, 7) is 0. The molecule has 5 nitrogen and oxygen atoms in total. The van der Waals surface area contributed by atoms with Crippen molar-refractivity contribution in [1.82, 2.24) is 4.98 Å². The van der Waals surface area contributed by atoms with Crippen LogP contribution in [0.1, 0.15) is 20.7 Å². The summed E-state index contributed by atoms with van der Waals surface area (Å²) in [4.78, 5) is 27.0. The zero-order valence-electron chi connectivity index (χ0n) is 10.9. The molecule has 1 aromatic heterocycles. The van der Waals surface area contributed by atoms with Crippen molar-refractivity contribution in [3.63, 3.8) is 0 Å². The molecule has 7 heteroatoms. The number of ether oxygens (including phenoxy) is 1. The number of hydrogen-bond acceptors (Lipinski definition) is 4. The van der Waals surface area contributed by atoms with Gasteiger partial charge in [-0.15, -0.1) is 0 Å². The van der Waals surface area contributed by atoms with E-state index in [1.54, 1.807) is 0 Å². The molecule has 0 bridgehead atoms. The van der Waals surface area contributed by atoms with Crippen LogP contribution in [0.2, 0.25) is 5.02 Å². The molecule has 0 saturated heterocycles. The quantitative estimate of drug-likeness (QED) is 0.699. The Balaban J connectivity index is 2.34. The largest absolute Gasteiger partial charge is 0.465 e. The third kappa shape index (κ3) is 3.35. The van der Waals surface area contributed by atoms with Crippen molar-refractivity contribution in [2.24, 2.45) is 0 Å². The summed E-state index contributed by atoms with van der Waals surface area (Å²) in [6, 6.07) is 6.99. The molecule has 21 heavy (non-hydrogen) atoms. The molecule has 1 N–H and O–H groups in total. The second-order valence-electron chi connectivity index (χ2n) is 3.98. The smallest absolute Gasteiger partial charge is 0.340 e. The standard InChI is InChI=1S/C14H10ClFN2O3/c1-21-14(20)10-7-8(15)4-5-11(10)18-13(19)9-3-2-6-17-12(9)16/h2-7H,1H3,(H,18,19). The maximum atomic E-state index is 13.4. The highest BCUT2D eigenvalue weighted by Crippen LogP contribution is 2.22. The molecule has 108 valence electrons. The Labute approximate surface area is 124 Å². The Morgan fingerprint density at radius 2 is 2.05 bits per heavy atom. The van der Waals surface area contributed by atoms with Crippen molar-refractivity contribution in [3.8, 4) is 0 Å². The Hall–Kier alpha value is -2.47. The fourth-order valence-electron chi connectivity index (χ4n) is 1.65. The third-order valence-electron chi connectivity index (χ3n) is 2.64. The minimum Gasteiger partial charge on any atom is -0.465 e. The van der Waals surface area contributed by atoms with Gasteiger partial charge in [0.15, 0.2) is 0 Å². The Morgan fingerprint density at radius 1 is 1.29 bits per heavy atom. The first-order valence-corrected chi connectivity index (χ1v) is 6.20. The van der Waals surface area contributed by atoms with Gasteiger partial charge in [0.25, 0.3) is 5.91 Å². The minimum absolute atomic E-state index is 0.0719. The van der Waals surface area contributed by atoms with E-state index in [4.69, 9.17) is 11.6 Å². The van der Waals surface area contributed by atoms with Gasteiger partial charge in [-0.25, -0.2) is 9.78 Å². The fraction of sp³-hybridized carbons (Fsp3) is 0.0714. The maximum Gasteiger partial charge on any atom is 0.340 e. The van der Waals surface area contributed by atoms with E-state index < -0.39 is 17.8 Å². The monoisotopic (exact) mass is 308 g/mol. The van der Waals surface area contributed by atoms with Crippen LogP contribution in [0.25, 0.3) is 0 Å². The van der Waals surface area contributed by atoms with E-state index in [9.17, 15) is 14.0 Å². The molecule has 2 rings (SSSR count). The van der Waals surface area contributed by atoms with E-state index in [0.29, 0.717) is 5.02 Å². The van der Waals surface area contributed by atoms with E-state index in [1.165, 1.54) is 43.6 Å². The van der Waals surface area contributed by atoms with Crippen molar-refractivity contribution in [2.45, 2.75) is 0 Å². The number of pyridine rings is 1. The highest BCUT2D eigenvalue weighted by molar-refractivity contribution is 6.31. The number of amides is 1. The summed E-state index contributed by atoms with van der Waals surface area (Å²) in [6.07, 6.45) is 1.23. The molecule has 0 spiro atoms. The number of nitrogens with one attached hydrogen (secondary N) is 1. The van der Waals surface area contributed by atoms with Gasteiger partial charge in [0.2, 0.25) is 5.95 Å². The number of halogens is 2. The molecular weight excluding hydrogens is 299 g/mol. The predicted molar refractivity (Wildman–Crippen MR) is 74.9 cm³/mol. The van der Waals surface area contributed by atoms with E-state index in [0.717, 1.165) is 0 Å². The molecule has 0 aliphatic rings. The first kappa shape index (κ1) is 14.9. The Bertz CT molecular complexity index is 706. The number of esters is 1. The topological polar surface area (TPSA) is 68.3 Å². The number of nitrogens with zero attached hydrogens (tertiary/aromatic N) is 1. The van der Waals surface area contributed by atoms with Gasteiger partial charge in [-0.2, -0.15) is 4.39 Å². The van der Waals surface area contributed by atoms with Crippen LogP contribution in [0.5, 0.6) is 0 Å². The summed E-state index contributed by atoms with van der Waals surface area (Å²) < 4.78 is 18.1. The van der Waals surface area contributed by atoms with Gasteiger partial charge < -0.3 is 10.1 Å². The Kier molecular flexibility index (Phi) is 4.49. The normalized spacial score (nSPS) is 10.0. The van der Waals surface area contributed by atoms with Gasteiger partial charge in [0.05, 0.1) is 23.9 Å². The minimum atomic E-state index is -0.899. The van der Waals surface area contributed by atoms with Crippen molar-refractivity contribution in [2.75, 3.05) is 12.4 Å². The first-order chi connectivity index (χ1) is 10.0. The summed E-state index contributed by atoms with van der Waals surface area (Å²) >= 11 is 5.81. The number of rotatable bonds is 3. The van der Waals surface area contributed by atoms with Gasteiger partial charge in [0, 0.05) is 11.2 Å². The number of carbonyl (C=O) groups excluding carboxylic acids is 2. The summed E-state index contributed by atoms with van der Waals surface area (Å²) in [5, 5.41) is 2.74. The number of anilines is 1. The molecule has 1 amide bonds. The molecule has 0 fully saturated rings. The molecule has 1 heterocycles. The molecule has 1 aromatic carbocycles. The van der Waals surface area contributed by atoms with E-state index in [1.807, 2.05) is 0 Å². The molecule has 0 aliphatic heterocycles. The maximum absolute atomic E-state index is 13.4. The number of carbonyl (C=O) groups is 2. The van der Waals surface area contributed by atoms with Crippen LogP contribution in [-0.4, -0.2) is 24.0 Å². The highest BCUT2D eigenvalue weighted by Gasteiger charge is 2.17. The van der Waals surface area contributed by atoms with Gasteiger partial charge in [0.1, 0.15) is 0 Å². The summed E-state index contributed by atoms with van der Waals surface area (Å²) in [7, 11) is 1.20. The van der Waals surface area contributed by atoms with Gasteiger partial charge in [-0.3, -0.25) is 4.79 Å². The predicted octanol–water partition coefficient (Wildman–Crippen LogP) is 2.91. The van der Waals surface area contributed by atoms with Crippen LogP contribution in [0.4, 0.5) is 10.1 Å². The van der Waals surface area contributed by atoms with Crippen LogP contribution in [0.3, 0.4) is 0 Å². The van der Waals surface area contributed by atoms with Crippen LogP contribution in [0.15, 0.2) is 36.5 Å². The number of aromatic nitrogens is 1. The SMILES string of the molecule is COC(=O)c1cc(Cl)ccc1NC(=O)c1cccnc1F. The van der Waals surface area contributed by atoms with Crippen LogP contribution >= 0.6 is 11.6 Å². The summed E-state index contributed by atoms with van der Waals surface area (Å²) in [5.74, 6) is -2.30. The van der Waals surface area contributed by atoms with Crippen molar-refractivity contribution >= 4 is 29.2 Å². The molecule has 0 aliphatic carbocycles. The molecule has 0 atom stereocenters. The van der Waals surface area contributed by atoms with Gasteiger partial charge in [-0.1, -0.05) is 11.6 Å². The van der Waals surface area contributed by atoms with Gasteiger partial charge in [-0.05, 0) is 30.3 Å².